The minimum atomic E-state index is -0.555. The van der Waals surface area contributed by atoms with Crippen molar-refractivity contribution in [3.05, 3.63) is 41.0 Å². The molecule has 1 aromatic carbocycles. The van der Waals surface area contributed by atoms with E-state index in [1.165, 1.54) is 4.90 Å². The number of halogens is 1. The normalized spacial score (nSPS) is 20.3. The Kier molecular flexibility index (Phi) is 9.36. The molecule has 3 atom stereocenters. The molecule has 7 nitrogen and oxygen atoms in total. The number of hydrogen-bond acceptors (Lipinski definition) is 6. The van der Waals surface area contributed by atoms with Gasteiger partial charge in [-0.15, -0.1) is 0 Å². The molecule has 0 bridgehead atoms. The minimum Gasteiger partial charge on any atom is -0.493 e. The third-order valence-corrected chi connectivity index (χ3v) is 7.68. The summed E-state index contributed by atoms with van der Waals surface area (Å²) in [6.45, 7) is 12.2. The van der Waals surface area contributed by atoms with E-state index in [0.29, 0.717) is 36.5 Å². The number of rotatable bonds is 15. The number of carbonyl (C=O) groups excluding carboxylic acids is 3. The number of amides is 2. The van der Waals surface area contributed by atoms with Crippen LogP contribution in [0.15, 0.2) is 29.8 Å². The van der Waals surface area contributed by atoms with E-state index in [1.807, 2.05) is 0 Å². The number of benzene rings is 1. The van der Waals surface area contributed by atoms with Crippen molar-refractivity contribution in [3.8, 4) is 5.75 Å². The molecule has 2 aliphatic rings. The molecule has 2 amide bonds. The summed E-state index contributed by atoms with van der Waals surface area (Å²) in [4.78, 5) is 38.5. The zero-order valence-corrected chi connectivity index (χ0v) is 22.8. The first-order valence-electron chi connectivity index (χ1n) is 12.9. The summed E-state index contributed by atoms with van der Waals surface area (Å²) in [7, 11) is 0. The molecule has 0 fully saturated rings. The lowest BCUT2D eigenvalue weighted by atomic mass is 9.92. The van der Waals surface area contributed by atoms with Gasteiger partial charge >= 0.3 is 0 Å². The van der Waals surface area contributed by atoms with Gasteiger partial charge < -0.3 is 14.2 Å². The third-order valence-electron chi connectivity index (χ3n) is 7.44. The Morgan fingerprint density at radius 2 is 1.61 bits per heavy atom. The summed E-state index contributed by atoms with van der Waals surface area (Å²) in [5.74, 6) is -0.405. The highest BCUT2D eigenvalue weighted by Crippen LogP contribution is 2.37. The van der Waals surface area contributed by atoms with Gasteiger partial charge in [0.15, 0.2) is 0 Å². The van der Waals surface area contributed by atoms with Crippen molar-refractivity contribution in [2.75, 3.05) is 19.8 Å². The summed E-state index contributed by atoms with van der Waals surface area (Å²) < 4.78 is 18.4. The predicted octanol–water partition coefficient (Wildman–Crippen LogP) is 5.69. The van der Waals surface area contributed by atoms with Crippen LogP contribution >= 0.6 is 11.6 Å². The van der Waals surface area contributed by atoms with E-state index >= 15 is 0 Å². The lowest BCUT2D eigenvalue weighted by molar-refractivity contribution is -0.109. The van der Waals surface area contributed by atoms with Gasteiger partial charge in [-0.05, 0) is 63.3 Å². The first-order chi connectivity index (χ1) is 17.1. The number of fused-ring (bicyclic) bond motifs is 1. The molecule has 1 aliphatic carbocycles. The van der Waals surface area contributed by atoms with Crippen molar-refractivity contribution < 1.29 is 28.6 Å². The zero-order valence-electron chi connectivity index (χ0n) is 22.0. The second-order valence-electron chi connectivity index (χ2n) is 10.0. The largest absolute Gasteiger partial charge is 0.493 e. The highest BCUT2D eigenvalue weighted by Gasteiger charge is 2.44. The van der Waals surface area contributed by atoms with Gasteiger partial charge in [0.2, 0.25) is 5.24 Å². The SMILES string of the molecule is CCCOC(C)(CC)CCOC(C)(CC)CCOc1cccc2c1C(=O)N(C1C=C(C(=O)Cl)C1)C2=O. The van der Waals surface area contributed by atoms with E-state index in [-0.39, 0.29) is 29.1 Å². The Labute approximate surface area is 219 Å². The molecule has 3 unspecified atom stereocenters. The number of imide groups is 1. The smallest absolute Gasteiger partial charge is 0.265 e. The third kappa shape index (κ3) is 6.18. The molecule has 0 aromatic heterocycles. The molecular formula is C28H38ClNO6. The lowest BCUT2D eigenvalue weighted by Gasteiger charge is -2.33. The molecule has 3 rings (SSSR count). The van der Waals surface area contributed by atoms with Crippen LogP contribution in [0.2, 0.25) is 0 Å². The van der Waals surface area contributed by atoms with Crippen LogP contribution in [0.3, 0.4) is 0 Å². The van der Waals surface area contributed by atoms with Crippen LogP contribution in [-0.4, -0.2) is 59.0 Å². The lowest BCUT2D eigenvalue weighted by Crippen LogP contribution is -2.43. The van der Waals surface area contributed by atoms with Crippen LogP contribution in [0.25, 0.3) is 0 Å². The van der Waals surface area contributed by atoms with E-state index in [2.05, 4.69) is 34.6 Å². The predicted molar refractivity (Wildman–Crippen MR) is 139 cm³/mol. The van der Waals surface area contributed by atoms with Crippen LogP contribution in [0.4, 0.5) is 0 Å². The molecule has 1 aliphatic heterocycles. The van der Waals surface area contributed by atoms with Gasteiger partial charge in [-0.3, -0.25) is 19.3 Å². The molecule has 0 saturated heterocycles. The second kappa shape index (κ2) is 11.9. The van der Waals surface area contributed by atoms with Gasteiger partial charge in [-0.2, -0.15) is 0 Å². The van der Waals surface area contributed by atoms with Crippen LogP contribution in [-0.2, 0) is 14.3 Å². The molecule has 1 heterocycles. The van der Waals surface area contributed by atoms with Crippen LogP contribution < -0.4 is 4.74 Å². The Balaban J connectivity index is 1.59. The van der Waals surface area contributed by atoms with E-state index in [1.54, 1.807) is 24.3 Å². The fourth-order valence-corrected chi connectivity index (χ4v) is 4.51. The summed E-state index contributed by atoms with van der Waals surface area (Å²) >= 11 is 5.49. The van der Waals surface area contributed by atoms with Crippen LogP contribution in [0, 0.1) is 0 Å². The van der Waals surface area contributed by atoms with E-state index < -0.39 is 17.2 Å². The van der Waals surface area contributed by atoms with Crippen molar-refractivity contribution in [2.45, 2.75) is 90.4 Å². The van der Waals surface area contributed by atoms with Gasteiger partial charge in [-0.1, -0.05) is 32.9 Å². The Hall–Kier alpha value is -2.22. The van der Waals surface area contributed by atoms with E-state index in [4.69, 9.17) is 25.8 Å². The first kappa shape index (κ1) is 28.4. The zero-order chi connectivity index (χ0) is 26.5. The van der Waals surface area contributed by atoms with Gasteiger partial charge in [0.1, 0.15) is 5.75 Å². The van der Waals surface area contributed by atoms with Gasteiger partial charge in [0.05, 0.1) is 41.6 Å². The fourth-order valence-electron chi connectivity index (χ4n) is 4.37. The van der Waals surface area contributed by atoms with Crippen molar-refractivity contribution in [1.82, 2.24) is 4.90 Å². The number of ether oxygens (including phenoxy) is 3. The fraction of sp³-hybridized carbons (Fsp3) is 0.607. The summed E-state index contributed by atoms with van der Waals surface area (Å²) in [6.07, 6.45) is 6.00. The Bertz CT molecular complexity index is 1020. The average Bonchev–Trinajstić information content (AvgIpc) is 3.07. The van der Waals surface area contributed by atoms with Gasteiger partial charge in [0.25, 0.3) is 11.8 Å². The molecule has 36 heavy (non-hydrogen) atoms. The Morgan fingerprint density at radius 3 is 2.19 bits per heavy atom. The summed E-state index contributed by atoms with van der Waals surface area (Å²) in [5.41, 5.74) is 0.428. The molecule has 0 N–H and O–H groups in total. The van der Waals surface area contributed by atoms with Gasteiger partial charge in [-0.25, -0.2) is 0 Å². The number of hydrogen-bond donors (Lipinski definition) is 0. The second-order valence-corrected chi connectivity index (χ2v) is 10.4. The molecule has 0 radical (unpaired) electrons. The Morgan fingerprint density at radius 1 is 1.00 bits per heavy atom. The quantitative estimate of drug-likeness (QED) is 0.219. The topological polar surface area (TPSA) is 82.1 Å². The highest BCUT2D eigenvalue weighted by atomic mass is 35.5. The maximum Gasteiger partial charge on any atom is 0.265 e. The maximum atomic E-state index is 13.1. The maximum absolute atomic E-state index is 13.1. The molecule has 0 saturated carbocycles. The molecule has 198 valence electrons. The minimum absolute atomic E-state index is 0.196. The first-order valence-corrected chi connectivity index (χ1v) is 13.3. The highest BCUT2D eigenvalue weighted by molar-refractivity contribution is 6.67. The molecular weight excluding hydrogens is 482 g/mol. The van der Waals surface area contributed by atoms with Crippen molar-refractivity contribution >= 4 is 28.7 Å². The van der Waals surface area contributed by atoms with E-state index in [9.17, 15) is 14.4 Å². The summed E-state index contributed by atoms with van der Waals surface area (Å²) in [6, 6.07) is 4.59. The molecule has 8 heteroatoms. The van der Waals surface area contributed by atoms with Crippen molar-refractivity contribution in [2.24, 2.45) is 0 Å². The summed E-state index contributed by atoms with van der Waals surface area (Å²) in [5, 5.41) is -0.555. The van der Waals surface area contributed by atoms with Crippen LogP contribution in [0.5, 0.6) is 5.75 Å². The number of carbonyl (C=O) groups is 3. The van der Waals surface area contributed by atoms with Crippen LogP contribution in [0.1, 0.15) is 93.9 Å². The molecule has 1 aromatic rings. The van der Waals surface area contributed by atoms with Crippen molar-refractivity contribution in [1.29, 1.82) is 0 Å². The van der Waals surface area contributed by atoms with Gasteiger partial charge in [0, 0.05) is 25.0 Å². The standard InChI is InChI=1S/C28H38ClNO6/c1-6-14-35-28(5,8-3)13-16-36-27(4,7-2)12-15-34-22-11-9-10-21-23(22)26(33)30(25(21)32)20-17-19(18-20)24(29)31/h9-11,17,20H,6-8,12-16,18H2,1-5H3. The number of nitrogens with zero attached hydrogens (tertiary/aromatic N) is 1. The monoisotopic (exact) mass is 519 g/mol. The molecule has 0 spiro atoms. The van der Waals surface area contributed by atoms with E-state index in [0.717, 1.165) is 32.3 Å². The average molecular weight is 520 g/mol. The van der Waals surface area contributed by atoms with Crippen molar-refractivity contribution in [3.63, 3.8) is 0 Å².